The highest BCUT2D eigenvalue weighted by molar-refractivity contribution is 7.99. The second-order valence-corrected chi connectivity index (χ2v) is 10.3. The molecule has 3 rings (SSSR count). The number of carbonyl (C=O) groups excluding carboxylic acids is 1. The Morgan fingerprint density at radius 2 is 1.94 bits per heavy atom. The van der Waals surface area contributed by atoms with Crippen LogP contribution in [0.4, 0.5) is 4.39 Å². The van der Waals surface area contributed by atoms with Gasteiger partial charge in [-0.3, -0.25) is 9.69 Å². The van der Waals surface area contributed by atoms with E-state index in [0.717, 1.165) is 31.4 Å². The minimum atomic E-state index is -1.39. The van der Waals surface area contributed by atoms with Crippen LogP contribution in [-0.2, 0) is 16.1 Å². The van der Waals surface area contributed by atoms with Gasteiger partial charge in [0.2, 0.25) is 5.91 Å². The van der Waals surface area contributed by atoms with Crippen molar-refractivity contribution in [3.63, 3.8) is 0 Å². The maximum absolute atomic E-state index is 13.3. The van der Waals surface area contributed by atoms with Crippen LogP contribution in [0.3, 0.4) is 0 Å². The van der Waals surface area contributed by atoms with Gasteiger partial charge in [0.25, 0.3) is 0 Å². The molecule has 8 nitrogen and oxygen atoms in total. The minimum absolute atomic E-state index is 0.146. The number of amides is 1. The van der Waals surface area contributed by atoms with Crippen LogP contribution in [0.15, 0.2) is 24.3 Å². The molecule has 5 N–H and O–H groups in total. The van der Waals surface area contributed by atoms with E-state index in [-0.39, 0.29) is 24.3 Å². The molecule has 192 valence electrons. The standard InChI is InChI=1S/C24H38FN3O5S/c1-4-5-15-10-18(28(2)13-15)23(32)27-17(12-26-11-14-6-8-16(25)9-7-14)22-20(30)19(29)21(31)24(33-22)34-3/h6-9,15,17-22,24,26,29-31H,4-5,10-13H2,1-3H3,(H,27,32)/t15-,17-,18+,19-,20?,21-,22-,24?/m1/s1. The van der Waals surface area contributed by atoms with Crippen LogP contribution in [0.1, 0.15) is 31.7 Å². The molecule has 0 spiro atoms. The Morgan fingerprint density at radius 3 is 2.59 bits per heavy atom. The fraction of sp³-hybridized carbons (Fsp3) is 0.708. The molecule has 2 saturated heterocycles. The van der Waals surface area contributed by atoms with Crippen molar-refractivity contribution in [1.82, 2.24) is 15.5 Å². The Bertz CT molecular complexity index is 786. The van der Waals surface area contributed by atoms with E-state index in [1.807, 2.05) is 7.05 Å². The van der Waals surface area contributed by atoms with Gasteiger partial charge >= 0.3 is 0 Å². The topological polar surface area (TPSA) is 114 Å². The predicted octanol–water partition coefficient (Wildman–Crippen LogP) is 0.691. The number of aliphatic hydroxyl groups is 3. The van der Waals surface area contributed by atoms with Gasteiger partial charge in [-0.25, -0.2) is 4.39 Å². The van der Waals surface area contributed by atoms with Crippen LogP contribution in [0.2, 0.25) is 0 Å². The number of likely N-dealkylation sites (tertiary alicyclic amines) is 1. The zero-order valence-electron chi connectivity index (χ0n) is 20.1. The van der Waals surface area contributed by atoms with Crippen molar-refractivity contribution in [3.05, 3.63) is 35.6 Å². The number of hydrogen-bond acceptors (Lipinski definition) is 8. The van der Waals surface area contributed by atoms with Gasteiger partial charge in [0.1, 0.15) is 35.7 Å². The summed E-state index contributed by atoms with van der Waals surface area (Å²) in [7, 11) is 1.94. The lowest BCUT2D eigenvalue weighted by atomic mass is 9.94. The van der Waals surface area contributed by atoms with Crippen molar-refractivity contribution in [3.8, 4) is 0 Å². The zero-order chi connectivity index (χ0) is 24.8. The summed E-state index contributed by atoms with van der Waals surface area (Å²) in [6, 6.07) is 5.18. The van der Waals surface area contributed by atoms with Crippen LogP contribution in [-0.4, -0.2) is 94.5 Å². The summed E-state index contributed by atoms with van der Waals surface area (Å²) in [5.74, 6) is 0.00675. The molecule has 8 atom stereocenters. The monoisotopic (exact) mass is 499 g/mol. The summed E-state index contributed by atoms with van der Waals surface area (Å²) in [6.07, 6.45) is -0.256. The predicted molar refractivity (Wildman–Crippen MR) is 130 cm³/mol. The molecule has 2 heterocycles. The van der Waals surface area contributed by atoms with Crippen molar-refractivity contribution >= 4 is 17.7 Å². The van der Waals surface area contributed by atoms with Gasteiger partial charge in [-0.2, -0.15) is 0 Å². The molecule has 0 aliphatic carbocycles. The second kappa shape index (κ2) is 12.6. The minimum Gasteiger partial charge on any atom is -0.388 e. The van der Waals surface area contributed by atoms with E-state index in [1.165, 1.54) is 23.9 Å². The van der Waals surface area contributed by atoms with Gasteiger partial charge in [-0.15, -0.1) is 11.8 Å². The van der Waals surface area contributed by atoms with E-state index >= 15 is 0 Å². The molecule has 2 fully saturated rings. The van der Waals surface area contributed by atoms with Gasteiger partial charge in [0, 0.05) is 19.6 Å². The summed E-state index contributed by atoms with van der Waals surface area (Å²) in [5, 5.41) is 37.6. The van der Waals surface area contributed by atoms with Crippen molar-refractivity contribution in [2.24, 2.45) is 5.92 Å². The number of hydrogen-bond donors (Lipinski definition) is 5. The van der Waals surface area contributed by atoms with Crippen LogP contribution < -0.4 is 10.6 Å². The molecular formula is C24H38FN3O5S. The van der Waals surface area contributed by atoms with E-state index in [2.05, 4.69) is 22.5 Å². The van der Waals surface area contributed by atoms with E-state index in [1.54, 1.807) is 18.4 Å². The fourth-order valence-electron chi connectivity index (χ4n) is 4.93. The van der Waals surface area contributed by atoms with Crippen LogP contribution in [0.5, 0.6) is 0 Å². The first-order chi connectivity index (χ1) is 16.2. The molecule has 2 unspecified atom stereocenters. The van der Waals surface area contributed by atoms with E-state index in [4.69, 9.17) is 4.74 Å². The third-order valence-corrected chi connectivity index (χ3v) is 7.66. The van der Waals surface area contributed by atoms with Crippen LogP contribution in [0.25, 0.3) is 0 Å². The molecule has 0 radical (unpaired) electrons. The van der Waals surface area contributed by atoms with Crippen LogP contribution in [0, 0.1) is 11.7 Å². The highest BCUT2D eigenvalue weighted by Crippen LogP contribution is 2.29. The van der Waals surface area contributed by atoms with Crippen molar-refractivity contribution in [2.45, 2.75) is 74.7 Å². The SMILES string of the molecule is CCC[C@@H]1C[C@@H](C(=O)N[C@H](CNCc2ccc(F)cc2)[C@H]2OC(SC)[C@H](O)[C@H](O)C2O)N(C)C1. The number of ether oxygens (including phenoxy) is 1. The largest absolute Gasteiger partial charge is 0.388 e. The number of aliphatic hydroxyl groups excluding tert-OH is 3. The lowest BCUT2D eigenvalue weighted by Gasteiger charge is -2.43. The first-order valence-electron chi connectivity index (χ1n) is 11.9. The summed E-state index contributed by atoms with van der Waals surface area (Å²) >= 11 is 1.23. The summed E-state index contributed by atoms with van der Waals surface area (Å²) < 4.78 is 19.1. The van der Waals surface area contributed by atoms with Crippen molar-refractivity contribution < 1.29 is 29.2 Å². The maximum Gasteiger partial charge on any atom is 0.237 e. The second-order valence-electron chi connectivity index (χ2n) is 9.39. The van der Waals surface area contributed by atoms with Gasteiger partial charge in [0.15, 0.2) is 0 Å². The van der Waals surface area contributed by atoms with E-state index in [0.29, 0.717) is 12.5 Å². The quantitative estimate of drug-likeness (QED) is 0.320. The van der Waals surface area contributed by atoms with E-state index in [9.17, 15) is 24.5 Å². The smallest absolute Gasteiger partial charge is 0.237 e. The number of carbonyl (C=O) groups is 1. The molecule has 0 bridgehead atoms. The summed E-state index contributed by atoms with van der Waals surface area (Å²) in [6.45, 7) is 3.68. The summed E-state index contributed by atoms with van der Waals surface area (Å²) in [4.78, 5) is 15.3. The maximum atomic E-state index is 13.3. The normalized spacial score (nSPS) is 33.1. The Balaban J connectivity index is 1.71. The molecule has 1 aromatic carbocycles. The van der Waals surface area contributed by atoms with E-state index < -0.39 is 35.9 Å². The van der Waals surface area contributed by atoms with Crippen LogP contribution >= 0.6 is 11.8 Å². The molecule has 10 heteroatoms. The molecule has 0 aromatic heterocycles. The van der Waals surface area contributed by atoms with Gasteiger partial charge in [-0.1, -0.05) is 25.5 Å². The van der Waals surface area contributed by atoms with Crippen molar-refractivity contribution in [2.75, 3.05) is 26.4 Å². The first-order valence-corrected chi connectivity index (χ1v) is 13.2. The Labute approximate surface area is 205 Å². The number of halogens is 1. The number of nitrogens with one attached hydrogen (secondary N) is 2. The average Bonchev–Trinajstić information content (AvgIpc) is 3.19. The molecule has 0 saturated carbocycles. The molecular weight excluding hydrogens is 461 g/mol. The Morgan fingerprint density at radius 1 is 1.24 bits per heavy atom. The third kappa shape index (κ3) is 6.69. The van der Waals surface area contributed by atoms with Crippen molar-refractivity contribution in [1.29, 1.82) is 0 Å². The number of nitrogens with zero attached hydrogens (tertiary/aromatic N) is 1. The van der Waals surface area contributed by atoms with Gasteiger partial charge in [0.05, 0.1) is 12.1 Å². The average molecular weight is 500 g/mol. The van der Waals surface area contributed by atoms with Gasteiger partial charge < -0.3 is 30.7 Å². The molecule has 1 aromatic rings. The highest BCUT2D eigenvalue weighted by Gasteiger charge is 2.47. The van der Waals surface area contributed by atoms with Gasteiger partial charge in [-0.05, 0) is 49.8 Å². The Hall–Kier alpha value is -1.27. The lowest BCUT2D eigenvalue weighted by Crippen LogP contribution is -2.65. The fourth-order valence-corrected chi connectivity index (χ4v) is 5.61. The number of benzene rings is 1. The molecule has 34 heavy (non-hydrogen) atoms. The molecule has 2 aliphatic heterocycles. The highest BCUT2D eigenvalue weighted by atomic mass is 32.2. The third-order valence-electron chi connectivity index (χ3n) is 6.80. The number of likely N-dealkylation sites (N-methyl/N-ethyl adjacent to an activating group) is 1. The number of thioether (sulfide) groups is 1. The number of rotatable bonds is 10. The summed E-state index contributed by atoms with van der Waals surface area (Å²) in [5.41, 5.74) is 0.134. The lowest BCUT2D eigenvalue weighted by molar-refractivity contribution is -0.205. The Kier molecular flexibility index (Phi) is 10.1. The molecule has 1 amide bonds. The molecule has 2 aliphatic rings. The zero-order valence-corrected chi connectivity index (χ0v) is 20.9. The first kappa shape index (κ1) is 27.3.